The van der Waals surface area contributed by atoms with Crippen molar-refractivity contribution >= 4 is 5.91 Å². The van der Waals surface area contributed by atoms with Crippen molar-refractivity contribution in [2.75, 3.05) is 26.7 Å². The summed E-state index contributed by atoms with van der Waals surface area (Å²) in [5.74, 6) is 0.646. The Morgan fingerprint density at radius 2 is 2.67 bits per heavy atom. The smallest absolute Gasteiger partial charge is 0.271 e. The van der Waals surface area contributed by atoms with E-state index in [4.69, 9.17) is 0 Å². The van der Waals surface area contributed by atoms with Crippen LogP contribution in [0, 0.1) is 5.92 Å². The first kappa shape index (κ1) is 10.2. The molecule has 2 heterocycles. The van der Waals surface area contributed by atoms with E-state index in [0.717, 1.165) is 26.1 Å². The predicted molar refractivity (Wildman–Crippen MR) is 56.5 cm³/mol. The molecular weight excluding hydrogens is 192 g/mol. The topological polar surface area (TPSA) is 61.0 Å². The highest BCUT2D eigenvalue weighted by Crippen LogP contribution is 2.17. The van der Waals surface area contributed by atoms with Gasteiger partial charge >= 0.3 is 0 Å². The number of aromatic amines is 1. The van der Waals surface area contributed by atoms with Crippen molar-refractivity contribution in [3.8, 4) is 0 Å². The summed E-state index contributed by atoms with van der Waals surface area (Å²) in [5, 5.41) is 3.15. The Kier molecular flexibility index (Phi) is 3.01. The van der Waals surface area contributed by atoms with Crippen LogP contribution in [0.4, 0.5) is 0 Å². The van der Waals surface area contributed by atoms with E-state index in [1.54, 1.807) is 6.20 Å². The third kappa shape index (κ3) is 2.18. The van der Waals surface area contributed by atoms with Crippen LogP contribution in [0.25, 0.3) is 0 Å². The Bertz CT molecular complexity index is 322. The van der Waals surface area contributed by atoms with Crippen molar-refractivity contribution in [2.45, 2.75) is 6.42 Å². The number of likely N-dealkylation sites (tertiary alicyclic amines) is 1. The minimum atomic E-state index is 0.0612. The molecule has 2 rings (SSSR count). The monoisotopic (exact) mass is 208 g/mol. The van der Waals surface area contributed by atoms with Crippen LogP contribution in [-0.4, -0.2) is 47.5 Å². The van der Waals surface area contributed by atoms with Crippen LogP contribution in [0.1, 0.15) is 16.9 Å². The first-order chi connectivity index (χ1) is 7.31. The second kappa shape index (κ2) is 4.44. The van der Waals surface area contributed by atoms with Crippen LogP contribution in [0.5, 0.6) is 0 Å². The molecule has 0 bridgehead atoms. The van der Waals surface area contributed by atoms with E-state index < -0.39 is 0 Å². The fourth-order valence-electron chi connectivity index (χ4n) is 2.02. The molecule has 1 aliphatic rings. The number of rotatable bonds is 3. The van der Waals surface area contributed by atoms with Crippen molar-refractivity contribution in [3.05, 3.63) is 18.2 Å². The zero-order chi connectivity index (χ0) is 10.7. The van der Waals surface area contributed by atoms with E-state index in [0.29, 0.717) is 11.6 Å². The number of nitrogens with zero attached hydrogens (tertiary/aromatic N) is 2. The number of H-pyrrole nitrogens is 1. The second-order valence-corrected chi connectivity index (χ2v) is 3.93. The van der Waals surface area contributed by atoms with Crippen molar-refractivity contribution in [2.24, 2.45) is 5.92 Å². The first-order valence-corrected chi connectivity index (χ1v) is 5.23. The van der Waals surface area contributed by atoms with Gasteiger partial charge in [-0.2, -0.15) is 0 Å². The summed E-state index contributed by atoms with van der Waals surface area (Å²) in [6.45, 7) is 2.68. The zero-order valence-corrected chi connectivity index (χ0v) is 8.86. The maximum atomic E-state index is 11.9. The molecule has 1 unspecified atom stereocenters. The zero-order valence-electron chi connectivity index (χ0n) is 8.86. The molecular formula is C10H16N4O. The molecule has 1 aromatic rings. The molecule has 0 saturated carbocycles. The Hall–Kier alpha value is -1.36. The minimum Gasteiger partial charge on any atom is -0.341 e. The normalized spacial score (nSPS) is 20.9. The van der Waals surface area contributed by atoms with Crippen molar-refractivity contribution in [3.63, 3.8) is 0 Å². The van der Waals surface area contributed by atoms with Gasteiger partial charge in [0.2, 0.25) is 0 Å². The molecule has 5 nitrogen and oxygen atoms in total. The average molecular weight is 208 g/mol. The molecule has 1 amide bonds. The summed E-state index contributed by atoms with van der Waals surface area (Å²) in [6, 6.07) is 0. The molecule has 5 heteroatoms. The SMILES string of the molecule is CNCC1CCN(C(=O)c2cnc[nH]2)C1. The van der Waals surface area contributed by atoms with Gasteiger partial charge < -0.3 is 15.2 Å². The van der Waals surface area contributed by atoms with Crippen LogP contribution >= 0.6 is 0 Å². The van der Waals surface area contributed by atoms with Crippen LogP contribution < -0.4 is 5.32 Å². The number of imidazole rings is 1. The number of hydrogen-bond donors (Lipinski definition) is 2. The number of carbonyl (C=O) groups is 1. The standard InChI is InChI=1S/C10H16N4O/c1-11-4-8-2-3-14(6-8)10(15)9-5-12-7-13-9/h5,7-8,11H,2-4,6H2,1H3,(H,12,13). The van der Waals surface area contributed by atoms with Gasteiger partial charge in [-0.05, 0) is 25.9 Å². The van der Waals surface area contributed by atoms with Gasteiger partial charge in [-0.15, -0.1) is 0 Å². The van der Waals surface area contributed by atoms with Gasteiger partial charge in [-0.25, -0.2) is 4.98 Å². The van der Waals surface area contributed by atoms with Crippen LogP contribution in [0.2, 0.25) is 0 Å². The summed E-state index contributed by atoms with van der Waals surface area (Å²) >= 11 is 0. The van der Waals surface area contributed by atoms with Gasteiger partial charge in [0.15, 0.2) is 0 Å². The summed E-state index contributed by atoms with van der Waals surface area (Å²) < 4.78 is 0. The molecule has 1 aliphatic heterocycles. The van der Waals surface area contributed by atoms with Gasteiger partial charge in [0.05, 0.1) is 12.5 Å². The quantitative estimate of drug-likeness (QED) is 0.740. The molecule has 0 radical (unpaired) electrons. The molecule has 2 N–H and O–H groups in total. The molecule has 1 saturated heterocycles. The molecule has 0 aromatic carbocycles. The molecule has 82 valence electrons. The number of amides is 1. The largest absolute Gasteiger partial charge is 0.341 e. The van der Waals surface area contributed by atoms with E-state index >= 15 is 0 Å². The summed E-state index contributed by atoms with van der Waals surface area (Å²) in [7, 11) is 1.94. The number of carbonyl (C=O) groups excluding carboxylic acids is 1. The Balaban J connectivity index is 1.93. The molecule has 0 aliphatic carbocycles. The van der Waals surface area contributed by atoms with E-state index in [9.17, 15) is 4.79 Å². The third-order valence-corrected chi connectivity index (χ3v) is 2.79. The lowest BCUT2D eigenvalue weighted by molar-refractivity contribution is 0.0782. The third-order valence-electron chi connectivity index (χ3n) is 2.79. The Morgan fingerprint density at radius 1 is 1.80 bits per heavy atom. The molecule has 1 fully saturated rings. The van der Waals surface area contributed by atoms with Gasteiger partial charge in [-0.1, -0.05) is 0 Å². The predicted octanol–water partition coefficient (Wildman–Crippen LogP) is 0.0912. The van der Waals surface area contributed by atoms with E-state index in [-0.39, 0.29) is 5.91 Å². The van der Waals surface area contributed by atoms with Crippen molar-refractivity contribution in [1.29, 1.82) is 0 Å². The minimum absolute atomic E-state index is 0.0612. The molecule has 1 aromatic heterocycles. The van der Waals surface area contributed by atoms with Gasteiger partial charge in [0.25, 0.3) is 5.91 Å². The number of hydrogen-bond acceptors (Lipinski definition) is 3. The van der Waals surface area contributed by atoms with Gasteiger partial charge in [-0.3, -0.25) is 4.79 Å². The van der Waals surface area contributed by atoms with Crippen molar-refractivity contribution in [1.82, 2.24) is 20.2 Å². The Morgan fingerprint density at radius 3 is 3.33 bits per heavy atom. The lowest BCUT2D eigenvalue weighted by atomic mass is 10.1. The molecule has 1 atom stereocenters. The summed E-state index contributed by atoms with van der Waals surface area (Å²) in [5.41, 5.74) is 0.583. The van der Waals surface area contributed by atoms with E-state index in [2.05, 4.69) is 15.3 Å². The van der Waals surface area contributed by atoms with Crippen LogP contribution in [0.3, 0.4) is 0 Å². The Labute approximate surface area is 88.9 Å². The molecule has 0 spiro atoms. The highest BCUT2D eigenvalue weighted by Gasteiger charge is 2.26. The molecule has 15 heavy (non-hydrogen) atoms. The maximum absolute atomic E-state index is 11.9. The number of nitrogens with one attached hydrogen (secondary N) is 2. The summed E-state index contributed by atoms with van der Waals surface area (Å²) in [6.07, 6.45) is 4.20. The lowest BCUT2D eigenvalue weighted by Gasteiger charge is -2.15. The highest BCUT2D eigenvalue weighted by atomic mass is 16.2. The maximum Gasteiger partial charge on any atom is 0.271 e. The van der Waals surface area contributed by atoms with E-state index in [1.165, 1.54) is 6.33 Å². The van der Waals surface area contributed by atoms with Crippen LogP contribution in [0.15, 0.2) is 12.5 Å². The fraction of sp³-hybridized carbons (Fsp3) is 0.600. The summed E-state index contributed by atoms with van der Waals surface area (Å²) in [4.78, 5) is 20.5. The van der Waals surface area contributed by atoms with Crippen LogP contribution in [-0.2, 0) is 0 Å². The second-order valence-electron chi connectivity index (χ2n) is 3.93. The highest BCUT2D eigenvalue weighted by molar-refractivity contribution is 5.92. The van der Waals surface area contributed by atoms with Gasteiger partial charge in [0.1, 0.15) is 5.69 Å². The van der Waals surface area contributed by atoms with E-state index in [1.807, 2.05) is 11.9 Å². The fourth-order valence-corrected chi connectivity index (χ4v) is 2.02. The first-order valence-electron chi connectivity index (χ1n) is 5.23. The number of aromatic nitrogens is 2. The van der Waals surface area contributed by atoms with Gasteiger partial charge in [0, 0.05) is 13.1 Å². The van der Waals surface area contributed by atoms with Crippen molar-refractivity contribution < 1.29 is 4.79 Å². The average Bonchev–Trinajstić information content (AvgIpc) is 2.87. The lowest BCUT2D eigenvalue weighted by Crippen LogP contribution is -2.30.